The first-order chi connectivity index (χ1) is 21.5. The minimum absolute atomic E-state index is 0.000739. The van der Waals surface area contributed by atoms with Gasteiger partial charge in [-0.05, 0) is 68.1 Å². The first-order valence-electron chi connectivity index (χ1n) is 13.9. The number of rotatable bonds is 11. The van der Waals surface area contributed by atoms with Gasteiger partial charge in [0.25, 0.3) is 11.8 Å². The number of thiophene rings is 1. The summed E-state index contributed by atoms with van der Waals surface area (Å²) in [4.78, 5) is 44.2. The summed E-state index contributed by atoms with van der Waals surface area (Å²) in [5.41, 5.74) is 1.77. The molecule has 0 aliphatic heterocycles. The minimum atomic E-state index is -1.08. The largest absolute Gasteiger partial charge is 0.467 e. The van der Waals surface area contributed by atoms with Gasteiger partial charge in [0.15, 0.2) is 12.6 Å². The first-order valence-corrected chi connectivity index (χ1v) is 14.8. The van der Waals surface area contributed by atoms with Crippen molar-refractivity contribution in [2.24, 2.45) is 0 Å². The number of ether oxygens (including phenoxy) is 2. The Balaban J connectivity index is 1.74. The highest BCUT2D eigenvalue weighted by Crippen LogP contribution is 2.36. The van der Waals surface area contributed by atoms with Crippen molar-refractivity contribution in [3.8, 4) is 34.2 Å². The second-order valence-electron chi connectivity index (χ2n) is 10.8. The number of para-hydroxylation sites is 1. The highest BCUT2D eigenvalue weighted by Gasteiger charge is 2.26. The van der Waals surface area contributed by atoms with E-state index < -0.39 is 23.4 Å². The Bertz CT molecular complexity index is 1730. The van der Waals surface area contributed by atoms with Gasteiger partial charge < -0.3 is 30.1 Å². The maximum atomic E-state index is 13.1. The molecule has 0 aliphatic carbocycles. The average Bonchev–Trinajstić information content (AvgIpc) is 3.56. The van der Waals surface area contributed by atoms with Gasteiger partial charge in [0, 0.05) is 42.4 Å². The molecule has 0 radical (unpaired) electrons. The van der Waals surface area contributed by atoms with Crippen LogP contribution in [0.5, 0.6) is 5.75 Å². The predicted molar refractivity (Wildman–Crippen MR) is 171 cm³/mol. The minimum Gasteiger partial charge on any atom is -0.467 e. The standard InChI is InChI=1S/C33H33N5O6S/c1-33(2,3)38(32(41)42)15-14-35-30(39)22-10-7-9-21(17-22)24-18-26(23-11-5-6-12-27(23)44-20-43-4)36-29(25(24)19-34)37-31(40)28-13-8-16-45-28/h5-13,16-18H,14-15,20H2,1-4H3,(H,35,39)(H,41,42)(H,36,37,40). The third-order valence-corrected chi connectivity index (χ3v) is 7.57. The predicted octanol–water partition coefficient (Wildman–Crippen LogP) is 6.09. The van der Waals surface area contributed by atoms with E-state index in [1.165, 1.54) is 23.3 Å². The Morgan fingerprint density at radius 3 is 2.47 bits per heavy atom. The quantitative estimate of drug-likeness (QED) is 0.169. The molecule has 0 bridgehead atoms. The Labute approximate surface area is 265 Å². The van der Waals surface area contributed by atoms with Gasteiger partial charge in [0.2, 0.25) is 0 Å². The monoisotopic (exact) mass is 627 g/mol. The lowest BCUT2D eigenvalue weighted by atomic mass is 9.96. The zero-order valence-corrected chi connectivity index (χ0v) is 26.1. The van der Waals surface area contributed by atoms with Crippen molar-refractivity contribution in [3.05, 3.63) is 88.1 Å². The summed E-state index contributed by atoms with van der Waals surface area (Å²) in [5.74, 6) is -0.291. The van der Waals surface area contributed by atoms with Crippen LogP contribution in [0.1, 0.15) is 46.4 Å². The van der Waals surface area contributed by atoms with Crippen molar-refractivity contribution >= 4 is 35.1 Å². The molecule has 0 saturated heterocycles. The van der Waals surface area contributed by atoms with E-state index in [2.05, 4.69) is 21.7 Å². The number of nitrogens with zero attached hydrogens (tertiary/aromatic N) is 3. The molecule has 0 fully saturated rings. The Hall–Kier alpha value is -5.25. The van der Waals surface area contributed by atoms with E-state index in [0.717, 1.165) is 0 Å². The lowest BCUT2D eigenvalue weighted by Crippen LogP contribution is -2.48. The fourth-order valence-electron chi connectivity index (χ4n) is 4.55. The van der Waals surface area contributed by atoms with E-state index in [1.807, 2.05) is 6.07 Å². The van der Waals surface area contributed by atoms with Crippen LogP contribution in [0.3, 0.4) is 0 Å². The topological polar surface area (TPSA) is 154 Å². The van der Waals surface area contributed by atoms with Gasteiger partial charge in [-0.25, -0.2) is 9.78 Å². The van der Waals surface area contributed by atoms with Crippen LogP contribution in [0.4, 0.5) is 10.6 Å². The number of aromatic nitrogens is 1. The summed E-state index contributed by atoms with van der Waals surface area (Å²) in [6, 6.07) is 21.2. The number of hydrogen-bond acceptors (Lipinski definition) is 8. The molecule has 3 N–H and O–H groups in total. The number of pyridine rings is 1. The second-order valence-corrected chi connectivity index (χ2v) is 11.8. The molecule has 3 amide bonds. The summed E-state index contributed by atoms with van der Waals surface area (Å²) < 4.78 is 10.8. The first kappa shape index (κ1) is 32.7. The van der Waals surface area contributed by atoms with Crippen LogP contribution in [0.2, 0.25) is 0 Å². The Morgan fingerprint density at radius 1 is 1.02 bits per heavy atom. The van der Waals surface area contributed by atoms with E-state index in [0.29, 0.717) is 38.6 Å². The van der Waals surface area contributed by atoms with Crippen LogP contribution >= 0.6 is 11.3 Å². The molecule has 0 unspecified atom stereocenters. The molecule has 45 heavy (non-hydrogen) atoms. The van der Waals surface area contributed by atoms with Crippen molar-refractivity contribution < 1.29 is 29.0 Å². The molecule has 2 aromatic carbocycles. The molecule has 4 aromatic rings. The summed E-state index contributed by atoms with van der Waals surface area (Å²) in [5, 5.41) is 27.2. The molecule has 232 valence electrons. The number of carboxylic acid groups (broad SMARTS) is 1. The fourth-order valence-corrected chi connectivity index (χ4v) is 5.17. The van der Waals surface area contributed by atoms with Gasteiger partial charge in [0.05, 0.1) is 10.6 Å². The maximum Gasteiger partial charge on any atom is 0.407 e. The number of carbonyl (C=O) groups excluding carboxylic acids is 2. The van der Waals surface area contributed by atoms with Crippen molar-refractivity contribution in [1.29, 1.82) is 5.26 Å². The molecule has 0 aliphatic rings. The molecule has 4 rings (SSSR count). The van der Waals surface area contributed by atoms with Gasteiger partial charge in [0.1, 0.15) is 17.4 Å². The highest BCUT2D eigenvalue weighted by atomic mass is 32.1. The SMILES string of the molecule is COCOc1ccccc1-c1cc(-c2cccc(C(=O)NCCN(C(=O)O)C(C)(C)C)c2)c(C#N)c(NC(=O)c2cccs2)n1. The van der Waals surface area contributed by atoms with Crippen LogP contribution < -0.4 is 15.4 Å². The van der Waals surface area contributed by atoms with Gasteiger partial charge in [-0.1, -0.05) is 30.3 Å². The van der Waals surface area contributed by atoms with E-state index in [4.69, 9.17) is 9.47 Å². The van der Waals surface area contributed by atoms with Gasteiger partial charge >= 0.3 is 6.09 Å². The number of hydrogen-bond donors (Lipinski definition) is 3. The number of amides is 3. The van der Waals surface area contributed by atoms with E-state index in [9.17, 15) is 24.8 Å². The van der Waals surface area contributed by atoms with Crippen molar-refractivity contribution in [2.75, 3.05) is 32.3 Å². The molecule has 0 atom stereocenters. The number of carbonyl (C=O) groups is 3. The number of nitrogens with one attached hydrogen (secondary N) is 2. The van der Waals surface area contributed by atoms with Gasteiger partial charge in [-0.3, -0.25) is 9.59 Å². The molecule has 0 spiro atoms. The van der Waals surface area contributed by atoms with E-state index in [-0.39, 0.29) is 31.3 Å². The number of nitriles is 1. The third kappa shape index (κ3) is 8.03. The zero-order chi connectivity index (χ0) is 32.6. The van der Waals surface area contributed by atoms with Crippen LogP contribution in [0.15, 0.2) is 72.1 Å². The average molecular weight is 628 g/mol. The molecule has 12 heteroatoms. The smallest absolute Gasteiger partial charge is 0.407 e. The number of methoxy groups -OCH3 is 1. The molecular formula is C33H33N5O6S. The molecule has 11 nitrogen and oxygen atoms in total. The number of anilines is 1. The summed E-state index contributed by atoms with van der Waals surface area (Å²) in [7, 11) is 1.51. The third-order valence-electron chi connectivity index (χ3n) is 6.70. The normalized spacial score (nSPS) is 10.9. The van der Waals surface area contributed by atoms with Crippen LogP contribution in [0.25, 0.3) is 22.4 Å². The maximum absolute atomic E-state index is 13.1. The highest BCUT2D eigenvalue weighted by molar-refractivity contribution is 7.12. The van der Waals surface area contributed by atoms with E-state index >= 15 is 0 Å². The van der Waals surface area contributed by atoms with Crippen molar-refractivity contribution in [3.63, 3.8) is 0 Å². The summed E-state index contributed by atoms with van der Waals surface area (Å²) in [6.45, 7) is 5.55. The van der Waals surface area contributed by atoms with Crippen LogP contribution in [-0.2, 0) is 4.74 Å². The van der Waals surface area contributed by atoms with Gasteiger partial charge in [-0.15, -0.1) is 11.3 Å². The van der Waals surface area contributed by atoms with Crippen LogP contribution in [-0.4, -0.2) is 65.4 Å². The molecular weight excluding hydrogens is 594 g/mol. The van der Waals surface area contributed by atoms with Crippen molar-refractivity contribution in [1.82, 2.24) is 15.2 Å². The molecule has 2 aromatic heterocycles. The summed E-state index contributed by atoms with van der Waals surface area (Å²) in [6.07, 6.45) is -1.08. The lowest BCUT2D eigenvalue weighted by Gasteiger charge is -2.33. The van der Waals surface area contributed by atoms with Gasteiger partial charge in [-0.2, -0.15) is 5.26 Å². The fraction of sp³-hybridized carbons (Fsp3) is 0.242. The summed E-state index contributed by atoms with van der Waals surface area (Å²) >= 11 is 1.26. The molecule has 0 saturated carbocycles. The Morgan fingerprint density at radius 2 is 1.80 bits per heavy atom. The molecule has 2 heterocycles. The van der Waals surface area contributed by atoms with Crippen LogP contribution in [0, 0.1) is 11.3 Å². The Kier molecular flexibility index (Phi) is 10.5. The number of benzene rings is 2. The van der Waals surface area contributed by atoms with Crippen molar-refractivity contribution in [2.45, 2.75) is 26.3 Å². The van der Waals surface area contributed by atoms with E-state index in [1.54, 1.807) is 86.8 Å². The zero-order valence-electron chi connectivity index (χ0n) is 25.3. The lowest BCUT2D eigenvalue weighted by molar-refractivity contribution is 0.0515. The second kappa shape index (κ2) is 14.5.